The molecule has 0 amide bonds. The van der Waals surface area contributed by atoms with Crippen LogP contribution in [-0.2, 0) is 0 Å². The number of nitrogen functional groups attached to an aromatic ring is 1. The Morgan fingerprint density at radius 3 is 2.61 bits per heavy atom. The molecule has 4 heteroatoms. The molecule has 0 bridgehead atoms. The van der Waals surface area contributed by atoms with Gasteiger partial charge >= 0.3 is 0 Å². The summed E-state index contributed by atoms with van der Waals surface area (Å²) in [5, 5.41) is 8.58. The zero-order valence-electron chi connectivity index (χ0n) is 9.55. The molecule has 2 heterocycles. The SMILES string of the molecule is N=C(N)c1ccc2sc(-c3ccncc3)cc2c1. The molecular formula is C14H11N3S. The molecule has 3 N–H and O–H groups in total. The first-order chi connectivity index (χ1) is 8.74. The van der Waals surface area contributed by atoms with Gasteiger partial charge in [0.25, 0.3) is 0 Å². The highest BCUT2D eigenvalue weighted by Gasteiger charge is 2.05. The van der Waals surface area contributed by atoms with Gasteiger partial charge in [-0.1, -0.05) is 0 Å². The van der Waals surface area contributed by atoms with Gasteiger partial charge in [0.1, 0.15) is 5.84 Å². The molecule has 0 aliphatic heterocycles. The number of rotatable bonds is 2. The lowest BCUT2D eigenvalue weighted by atomic mass is 10.1. The Morgan fingerprint density at radius 1 is 1.11 bits per heavy atom. The van der Waals surface area contributed by atoms with Crippen LogP contribution in [0, 0.1) is 5.41 Å². The normalized spacial score (nSPS) is 10.7. The molecule has 0 radical (unpaired) electrons. The molecule has 0 fully saturated rings. The highest BCUT2D eigenvalue weighted by molar-refractivity contribution is 7.22. The van der Waals surface area contributed by atoms with E-state index in [1.165, 1.54) is 9.58 Å². The van der Waals surface area contributed by atoms with Crippen LogP contribution in [-0.4, -0.2) is 10.8 Å². The van der Waals surface area contributed by atoms with Crippen LogP contribution in [0.25, 0.3) is 20.5 Å². The van der Waals surface area contributed by atoms with Crippen molar-refractivity contribution in [3.63, 3.8) is 0 Å². The number of nitrogens with two attached hydrogens (primary N) is 1. The first kappa shape index (κ1) is 10.9. The maximum Gasteiger partial charge on any atom is 0.122 e. The number of nitrogens with zero attached hydrogens (tertiary/aromatic N) is 1. The minimum absolute atomic E-state index is 0.105. The van der Waals surface area contributed by atoms with Crippen molar-refractivity contribution in [1.82, 2.24) is 4.98 Å². The largest absolute Gasteiger partial charge is 0.384 e. The fourth-order valence-electron chi connectivity index (χ4n) is 1.87. The van der Waals surface area contributed by atoms with Crippen molar-refractivity contribution in [3.05, 3.63) is 54.4 Å². The van der Waals surface area contributed by atoms with E-state index in [4.69, 9.17) is 11.1 Å². The second kappa shape index (κ2) is 4.23. The third kappa shape index (κ3) is 1.87. The fourth-order valence-corrected chi connectivity index (χ4v) is 2.92. The Labute approximate surface area is 108 Å². The highest BCUT2D eigenvalue weighted by Crippen LogP contribution is 2.33. The molecule has 88 valence electrons. The van der Waals surface area contributed by atoms with Crippen LogP contribution in [0.2, 0.25) is 0 Å². The van der Waals surface area contributed by atoms with Gasteiger partial charge in [0.15, 0.2) is 0 Å². The van der Waals surface area contributed by atoms with E-state index in [9.17, 15) is 0 Å². The van der Waals surface area contributed by atoms with Gasteiger partial charge in [-0.25, -0.2) is 0 Å². The Hall–Kier alpha value is -2.20. The maximum absolute atomic E-state index is 7.45. The van der Waals surface area contributed by atoms with E-state index in [1.807, 2.05) is 30.3 Å². The number of hydrogen-bond donors (Lipinski definition) is 2. The lowest BCUT2D eigenvalue weighted by molar-refractivity contribution is 1.33. The summed E-state index contributed by atoms with van der Waals surface area (Å²) in [6, 6.07) is 12.0. The standard InChI is InChI=1S/C14H11N3S/c15-14(16)10-1-2-12-11(7-10)8-13(18-12)9-3-5-17-6-4-9/h1-8H,(H3,15,16). The average Bonchev–Trinajstić information content (AvgIpc) is 2.82. The van der Waals surface area contributed by atoms with Gasteiger partial charge in [0.05, 0.1) is 0 Å². The van der Waals surface area contributed by atoms with Crippen molar-refractivity contribution < 1.29 is 0 Å². The molecule has 0 saturated heterocycles. The van der Waals surface area contributed by atoms with Crippen molar-refractivity contribution in [2.45, 2.75) is 0 Å². The summed E-state index contributed by atoms with van der Waals surface area (Å²) in [5.74, 6) is 0.105. The van der Waals surface area contributed by atoms with Crippen molar-refractivity contribution in [3.8, 4) is 10.4 Å². The van der Waals surface area contributed by atoms with Crippen LogP contribution >= 0.6 is 11.3 Å². The van der Waals surface area contributed by atoms with Gasteiger partial charge in [-0.05, 0) is 47.3 Å². The number of pyridine rings is 1. The van der Waals surface area contributed by atoms with Crippen molar-refractivity contribution in [1.29, 1.82) is 5.41 Å². The summed E-state index contributed by atoms with van der Waals surface area (Å²) in [6.45, 7) is 0. The number of fused-ring (bicyclic) bond motifs is 1. The molecule has 0 saturated carbocycles. The Bertz CT molecular complexity index is 716. The van der Waals surface area contributed by atoms with Gasteiger partial charge in [0, 0.05) is 27.5 Å². The molecule has 0 unspecified atom stereocenters. The second-order valence-electron chi connectivity index (χ2n) is 4.01. The first-order valence-corrected chi connectivity index (χ1v) is 6.34. The topological polar surface area (TPSA) is 62.8 Å². The summed E-state index contributed by atoms with van der Waals surface area (Å²) in [4.78, 5) is 5.22. The third-order valence-electron chi connectivity index (χ3n) is 2.79. The van der Waals surface area contributed by atoms with E-state index in [2.05, 4.69) is 11.1 Å². The molecule has 1 aromatic carbocycles. The molecule has 3 aromatic rings. The molecule has 3 nitrogen and oxygen atoms in total. The lowest BCUT2D eigenvalue weighted by Gasteiger charge is -1.96. The molecular weight excluding hydrogens is 242 g/mol. The van der Waals surface area contributed by atoms with E-state index in [0.717, 1.165) is 16.5 Å². The van der Waals surface area contributed by atoms with E-state index in [-0.39, 0.29) is 5.84 Å². The molecule has 0 spiro atoms. The van der Waals surface area contributed by atoms with Gasteiger partial charge < -0.3 is 5.73 Å². The number of aromatic nitrogens is 1. The second-order valence-corrected chi connectivity index (χ2v) is 5.10. The maximum atomic E-state index is 7.45. The minimum atomic E-state index is 0.105. The number of thiophene rings is 1. The smallest absolute Gasteiger partial charge is 0.122 e. The number of benzene rings is 1. The summed E-state index contributed by atoms with van der Waals surface area (Å²) in [7, 11) is 0. The number of nitrogens with one attached hydrogen (secondary N) is 1. The van der Waals surface area contributed by atoms with Gasteiger partial charge in [-0.3, -0.25) is 10.4 Å². The van der Waals surface area contributed by atoms with E-state index in [0.29, 0.717) is 0 Å². The predicted octanol–water partition coefficient (Wildman–Crippen LogP) is 3.25. The van der Waals surface area contributed by atoms with E-state index >= 15 is 0 Å². The highest BCUT2D eigenvalue weighted by atomic mass is 32.1. The van der Waals surface area contributed by atoms with Gasteiger partial charge in [-0.2, -0.15) is 0 Å². The minimum Gasteiger partial charge on any atom is -0.384 e. The Morgan fingerprint density at radius 2 is 1.89 bits per heavy atom. The Balaban J connectivity index is 2.14. The van der Waals surface area contributed by atoms with Crippen LogP contribution < -0.4 is 5.73 Å². The van der Waals surface area contributed by atoms with Crippen molar-refractivity contribution in [2.24, 2.45) is 5.73 Å². The van der Waals surface area contributed by atoms with Crippen LogP contribution in [0.4, 0.5) is 0 Å². The molecule has 0 atom stereocenters. The average molecular weight is 253 g/mol. The van der Waals surface area contributed by atoms with E-state index < -0.39 is 0 Å². The summed E-state index contributed by atoms with van der Waals surface area (Å²) in [6.07, 6.45) is 3.58. The molecule has 0 aliphatic rings. The third-order valence-corrected chi connectivity index (χ3v) is 3.96. The fraction of sp³-hybridized carbons (Fsp3) is 0. The number of hydrogen-bond acceptors (Lipinski definition) is 3. The molecule has 3 rings (SSSR count). The number of amidine groups is 1. The Kier molecular flexibility index (Phi) is 2.57. The zero-order valence-corrected chi connectivity index (χ0v) is 10.4. The lowest BCUT2D eigenvalue weighted by Crippen LogP contribution is -2.10. The predicted molar refractivity (Wildman–Crippen MR) is 76.1 cm³/mol. The van der Waals surface area contributed by atoms with Crippen LogP contribution in [0.1, 0.15) is 5.56 Å². The molecule has 18 heavy (non-hydrogen) atoms. The van der Waals surface area contributed by atoms with Gasteiger partial charge in [0.2, 0.25) is 0 Å². The van der Waals surface area contributed by atoms with Crippen LogP contribution in [0.5, 0.6) is 0 Å². The summed E-state index contributed by atoms with van der Waals surface area (Å²) in [5.41, 5.74) is 7.43. The quantitative estimate of drug-likeness (QED) is 0.544. The van der Waals surface area contributed by atoms with Crippen molar-refractivity contribution >= 4 is 27.3 Å². The van der Waals surface area contributed by atoms with Crippen LogP contribution in [0.3, 0.4) is 0 Å². The summed E-state index contributed by atoms with van der Waals surface area (Å²) < 4.78 is 1.20. The zero-order chi connectivity index (χ0) is 12.5. The first-order valence-electron chi connectivity index (χ1n) is 5.52. The monoisotopic (exact) mass is 253 g/mol. The molecule has 2 aromatic heterocycles. The van der Waals surface area contributed by atoms with Crippen LogP contribution in [0.15, 0.2) is 48.8 Å². The van der Waals surface area contributed by atoms with E-state index in [1.54, 1.807) is 23.7 Å². The molecule has 0 aliphatic carbocycles. The summed E-state index contributed by atoms with van der Waals surface area (Å²) >= 11 is 1.73. The van der Waals surface area contributed by atoms with Crippen molar-refractivity contribution in [2.75, 3.05) is 0 Å². The van der Waals surface area contributed by atoms with Gasteiger partial charge in [-0.15, -0.1) is 11.3 Å².